The van der Waals surface area contributed by atoms with E-state index in [4.69, 9.17) is 0 Å². The molecule has 21 heavy (non-hydrogen) atoms. The molecule has 0 N–H and O–H groups in total. The number of hydrogen-bond acceptors (Lipinski definition) is 0. The van der Waals surface area contributed by atoms with E-state index in [0.29, 0.717) is 12.0 Å². The zero-order chi connectivity index (χ0) is 15.2. The van der Waals surface area contributed by atoms with Crippen LogP contribution in [0.1, 0.15) is 37.9 Å². The number of nitrogens with zero attached hydrogens (tertiary/aromatic N) is 1. The van der Waals surface area contributed by atoms with E-state index in [1.807, 2.05) is 12.1 Å². The number of fused-ring (bicyclic) bond motifs is 3. The Bertz CT molecular complexity index is 703. The molecule has 1 aliphatic heterocycles. The predicted molar refractivity (Wildman–Crippen MR) is 79.0 cm³/mol. The molecule has 1 aliphatic rings. The van der Waals surface area contributed by atoms with Crippen LogP contribution < -0.4 is 4.57 Å². The minimum absolute atomic E-state index is 0.103. The summed E-state index contributed by atoms with van der Waals surface area (Å²) in [4.78, 5) is 0. The Morgan fingerprint density at radius 1 is 1.14 bits per heavy atom. The second-order valence-corrected chi connectivity index (χ2v) is 5.92. The third kappa shape index (κ3) is 1.98. The molecule has 3 rings (SSSR count). The van der Waals surface area contributed by atoms with Gasteiger partial charge < -0.3 is 0 Å². The fraction of sp³-hybridized carbons (Fsp3) is 0.389. The van der Waals surface area contributed by atoms with Gasteiger partial charge in [0, 0.05) is 44.4 Å². The lowest BCUT2D eigenvalue weighted by atomic mass is 9.79. The van der Waals surface area contributed by atoms with Crippen LogP contribution in [0.25, 0.3) is 11.3 Å². The number of aromatic nitrogens is 1. The molecule has 1 aromatic carbocycles. The van der Waals surface area contributed by atoms with Gasteiger partial charge in [0.05, 0.1) is 5.56 Å². The van der Waals surface area contributed by atoms with Crippen molar-refractivity contribution >= 4 is 0 Å². The number of rotatable bonds is 2. The first-order valence-corrected chi connectivity index (χ1v) is 7.53. The average Bonchev–Trinajstić information content (AvgIpc) is 2.45. The zero-order valence-corrected chi connectivity index (χ0v) is 12.7. The maximum atomic E-state index is 14.3. The van der Waals surface area contributed by atoms with Crippen molar-refractivity contribution in [2.45, 2.75) is 45.6 Å². The molecule has 0 unspecified atom stereocenters. The van der Waals surface area contributed by atoms with Crippen LogP contribution in [-0.4, -0.2) is 0 Å². The summed E-state index contributed by atoms with van der Waals surface area (Å²) in [5, 5.41) is 0. The lowest BCUT2D eigenvalue weighted by Crippen LogP contribution is -2.62. The van der Waals surface area contributed by atoms with Gasteiger partial charge in [-0.25, -0.2) is 8.78 Å². The largest absolute Gasteiger partial charge is 0.216 e. The monoisotopic (exact) mass is 288 g/mol. The van der Waals surface area contributed by atoms with Gasteiger partial charge in [0.1, 0.15) is 11.6 Å². The van der Waals surface area contributed by atoms with Gasteiger partial charge in [0.25, 0.3) is 0 Å². The third-order valence-corrected chi connectivity index (χ3v) is 4.89. The fourth-order valence-electron chi connectivity index (χ4n) is 3.75. The van der Waals surface area contributed by atoms with E-state index >= 15 is 0 Å². The highest BCUT2D eigenvalue weighted by atomic mass is 19.1. The summed E-state index contributed by atoms with van der Waals surface area (Å²) in [6.07, 6.45) is 2.54. The summed E-state index contributed by atoms with van der Waals surface area (Å²) in [6, 6.07) is 8.40. The normalized spacial score (nSPS) is 15.5. The number of pyridine rings is 1. The predicted octanol–water partition coefficient (Wildman–Crippen LogP) is 4.30. The molecule has 0 atom stereocenters. The van der Waals surface area contributed by atoms with Gasteiger partial charge in [-0.3, -0.25) is 0 Å². The Morgan fingerprint density at radius 2 is 1.86 bits per heavy atom. The maximum Gasteiger partial charge on any atom is 0.216 e. The number of halogens is 2. The van der Waals surface area contributed by atoms with Crippen LogP contribution in [0.3, 0.4) is 0 Å². The Balaban J connectivity index is 2.39. The minimum Gasteiger partial charge on any atom is -0.207 e. The summed E-state index contributed by atoms with van der Waals surface area (Å²) < 4.78 is 30.2. The van der Waals surface area contributed by atoms with E-state index in [2.05, 4.69) is 31.4 Å². The van der Waals surface area contributed by atoms with Crippen molar-refractivity contribution in [3.8, 4) is 11.3 Å². The standard InChI is InChI=1S/C18H20F2N/c1-4-18(5-2)11-13-9-14(19)10-15(20)17(13)16-8-6-7-12(3)21(16)18/h6-10H,4-5,11H2,1-3H3/q+1. The van der Waals surface area contributed by atoms with Crippen LogP contribution in [-0.2, 0) is 12.0 Å². The Hall–Kier alpha value is -1.77. The second kappa shape index (κ2) is 4.90. The molecular formula is C18H20F2N+. The number of hydrogen-bond donors (Lipinski definition) is 0. The molecule has 2 aromatic rings. The van der Waals surface area contributed by atoms with Crippen molar-refractivity contribution in [2.75, 3.05) is 0 Å². The van der Waals surface area contributed by atoms with Crippen LogP contribution in [0.15, 0.2) is 30.3 Å². The molecule has 0 spiro atoms. The van der Waals surface area contributed by atoms with Crippen LogP contribution >= 0.6 is 0 Å². The van der Waals surface area contributed by atoms with Gasteiger partial charge in [-0.15, -0.1) is 0 Å². The first-order chi connectivity index (χ1) is 10.0. The average molecular weight is 288 g/mol. The van der Waals surface area contributed by atoms with Gasteiger partial charge in [-0.2, -0.15) is 4.57 Å². The van der Waals surface area contributed by atoms with Crippen molar-refractivity contribution in [1.82, 2.24) is 0 Å². The molecule has 110 valence electrons. The maximum absolute atomic E-state index is 14.3. The first kappa shape index (κ1) is 14.2. The molecule has 0 radical (unpaired) electrons. The molecule has 0 aliphatic carbocycles. The Labute approximate surface area is 124 Å². The van der Waals surface area contributed by atoms with Gasteiger partial charge in [-0.05, 0) is 17.7 Å². The number of aryl methyl sites for hydroxylation is 1. The first-order valence-electron chi connectivity index (χ1n) is 7.53. The van der Waals surface area contributed by atoms with E-state index in [1.54, 1.807) is 0 Å². The molecule has 0 saturated carbocycles. The molecular weight excluding hydrogens is 268 g/mol. The summed E-state index contributed by atoms with van der Waals surface area (Å²) in [5.74, 6) is -0.960. The highest BCUT2D eigenvalue weighted by Crippen LogP contribution is 2.38. The molecule has 1 aromatic heterocycles. The SMILES string of the molecule is CCC1(CC)Cc2cc(F)cc(F)c2-c2cccc(C)[n+]21. The molecule has 2 heterocycles. The highest BCUT2D eigenvalue weighted by Gasteiger charge is 2.45. The summed E-state index contributed by atoms with van der Waals surface area (Å²) in [6.45, 7) is 6.34. The van der Waals surface area contributed by atoms with E-state index in [9.17, 15) is 8.78 Å². The van der Waals surface area contributed by atoms with Crippen LogP contribution in [0.2, 0.25) is 0 Å². The van der Waals surface area contributed by atoms with Crippen molar-refractivity contribution in [1.29, 1.82) is 0 Å². The second-order valence-electron chi connectivity index (χ2n) is 5.92. The van der Waals surface area contributed by atoms with Crippen LogP contribution in [0.5, 0.6) is 0 Å². The van der Waals surface area contributed by atoms with Crippen molar-refractivity contribution in [3.05, 3.63) is 53.2 Å². The minimum atomic E-state index is -0.492. The summed E-state index contributed by atoms with van der Waals surface area (Å²) in [5.41, 5.74) is 3.20. The van der Waals surface area contributed by atoms with E-state index in [0.717, 1.165) is 35.9 Å². The lowest BCUT2D eigenvalue weighted by Gasteiger charge is -2.34. The summed E-state index contributed by atoms with van der Waals surface area (Å²) >= 11 is 0. The third-order valence-electron chi connectivity index (χ3n) is 4.89. The summed E-state index contributed by atoms with van der Waals surface area (Å²) in [7, 11) is 0. The molecule has 1 nitrogen and oxygen atoms in total. The molecule has 0 saturated heterocycles. The molecule has 0 fully saturated rings. The molecule has 3 heteroatoms. The van der Waals surface area contributed by atoms with Crippen LogP contribution in [0.4, 0.5) is 8.78 Å². The van der Waals surface area contributed by atoms with Crippen molar-refractivity contribution in [3.63, 3.8) is 0 Å². The van der Waals surface area contributed by atoms with Gasteiger partial charge in [-0.1, -0.05) is 13.8 Å². The van der Waals surface area contributed by atoms with Crippen molar-refractivity contribution in [2.24, 2.45) is 0 Å². The van der Waals surface area contributed by atoms with Gasteiger partial charge in [0.15, 0.2) is 11.2 Å². The van der Waals surface area contributed by atoms with Crippen LogP contribution in [0, 0.1) is 18.6 Å². The van der Waals surface area contributed by atoms with Gasteiger partial charge >= 0.3 is 0 Å². The lowest BCUT2D eigenvalue weighted by molar-refractivity contribution is -0.763. The number of benzene rings is 1. The van der Waals surface area contributed by atoms with E-state index in [1.165, 1.54) is 6.07 Å². The van der Waals surface area contributed by atoms with Crippen molar-refractivity contribution < 1.29 is 13.3 Å². The molecule has 0 amide bonds. The molecule has 0 bridgehead atoms. The fourth-order valence-corrected chi connectivity index (χ4v) is 3.75. The Kier molecular flexibility index (Phi) is 3.31. The quantitative estimate of drug-likeness (QED) is 0.725. The Morgan fingerprint density at radius 3 is 2.52 bits per heavy atom. The van der Waals surface area contributed by atoms with E-state index < -0.39 is 11.6 Å². The van der Waals surface area contributed by atoms with Gasteiger partial charge in [0.2, 0.25) is 5.69 Å². The van der Waals surface area contributed by atoms with E-state index in [-0.39, 0.29) is 5.54 Å². The zero-order valence-electron chi connectivity index (χ0n) is 12.7. The smallest absolute Gasteiger partial charge is 0.207 e. The highest BCUT2D eigenvalue weighted by molar-refractivity contribution is 5.63. The topological polar surface area (TPSA) is 3.88 Å².